The molecule has 78 valence electrons. The van der Waals surface area contributed by atoms with E-state index in [-0.39, 0.29) is 0 Å². The van der Waals surface area contributed by atoms with Gasteiger partial charge in [-0.1, -0.05) is 11.6 Å². The van der Waals surface area contributed by atoms with Crippen LogP contribution in [0, 0.1) is 0 Å². The van der Waals surface area contributed by atoms with Gasteiger partial charge >= 0.3 is 0 Å². The van der Waals surface area contributed by atoms with Crippen molar-refractivity contribution in [2.45, 2.75) is 6.17 Å². The highest BCUT2D eigenvalue weighted by Gasteiger charge is 2.29. The van der Waals surface area contributed by atoms with E-state index in [4.69, 9.17) is 16.0 Å². The summed E-state index contributed by atoms with van der Waals surface area (Å²) >= 11 is 5.82. The summed E-state index contributed by atoms with van der Waals surface area (Å²) in [5.41, 5.74) is 1.39. The highest BCUT2D eigenvalue weighted by atomic mass is 35.5. The quantitative estimate of drug-likeness (QED) is 0.749. The lowest BCUT2D eigenvalue weighted by Crippen LogP contribution is -2.48. The molecule has 5 heteroatoms. The fourth-order valence-electron chi connectivity index (χ4n) is 1.60. The number of alkyl halides is 1. The van der Waals surface area contributed by atoms with Crippen molar-refractivity contribution in [2.75, 3.05) is 18.0 Å². The minimum Gasteiger partial charge on any atom is -0.423 e. The number of rotatable bonds is 1. The number of oxazole rings is 1. The predicted molar refractivity (Wildman–Crippen MR) is 56.1 cm³/mol. The van der Waals surface area contributed by atoms with Crippen LogP contribution < -0.4 is 4.90 Å². The monoisotopic (exact) mass is 226 g/mol. The second kappa shape index (κ2) is 3.10. The first kappa shape index (κ1) is 8.97. The summed E-state index contributed by atoms with van der Waals surface area (Å²) in [4.78, 5) is 6.00. The number of anilines is 1. The molecule has 15 heavy (non-hydrogen) atoms. The van der Waals surface area contributed by atoms with Crippen LogP contribution in [0.25, 0.3) is 11.1 Å². The molecule has 2 aromatic rings. The summed E-state index contributed by atoms with van der Waals surface area (Å²) in [6.07, 6.45) is -0.761. The van der Waals surface area contributed by atoms with Crippen LogP contribution in [0.1, 0.15) is 0 Å². The lowest BCUT2D eigenvalue weighted by Gasteiger charge is -2.32. The summed E-state index contributed by atoms with van der Waals surface area (Å²) in [5, 5.41) is 0.620. The number of aromatic nitrogens is 1. The van der Waals surface area contributed by atoms with Gasteiger partial charge in [0.1, 0.15) is 11.7 Å². The third-order valence-electron chi connectivity index (χ3n) is 2.45. The Labute approximate surface area is 90.4 Å². The lowest BCUT2D eigenvalue weighted by molar-refractivity contribution is 0.264. The molecule has 0 amide bonds. The van der Waals surface area contributed by atoms with Crippen LogP contribution in [-0.4, -0.2) is 24.2 Å². The Bertz CT molecular complexity index is 507. The molecule has 1 aromatic heterocycles. The second-order valence-corrected chi connectivity index (χ2v) is 4.05. The van der Waals surface area contributed by atoms with Crippen molar-refractivity contribution < 1.29 is 8.81 Å². The average molecular weight is 227 g/mol. The third-order valence-corrected chi connectivity index (χ3v) is 2.68. The van der Waals surface area contributed by atoms with E-state index in [9.17, 15) is 4.39 Å². The Balaban J connectivity index is 1.99. The lowest BCUT2D eigenvalue weighted by atomic mass is 10.2. The first-order valence-corrected chi connectivity index (χ1v) is 5.05. The average Bonchev–Trinajstić information content (AvgIpc) is 2.55. The van der Waals surface area contributed by atoms with Gasteiger partial charge in [0, 0.05) is 5.02 Å². The Morgan fingerprint density at radius 3 is 3.00 bits per heavy atom. The molecule has 1 aliphatic heterocycles. The van der Waals surface area contributed by atoms with Crippen molar-refractivity contribution in [1.82, 2.24) is 4.98 Å². The third kappa shape index (κ3) is 1.45. The van der Waals surface area contributed by atoms with Crippen molar-refractivity contribution in [3.8, 4) is 0 Å². The van der Waals surface area contributed by atoms with E-state index in [1.165, 1.54) is 0 Å². The van der Waals surface area contributed by atoms with Crippen LogP contribution in [0.3, 0.4) is 0 Å². The van der Waals surface area contributed by atoms with E-state index in [1.54, 1.807) is 23.1 Å². The normalized spacial score (nSPS) is 17.1. The van der Waals surface area contributed by atoms with Crippen molar-refractivity contribution in [2.24, 2.45) is 0 Å². The van der Waals surface area contributed by atoms with Gasteiger partial charge in [-0.15, -0.1) is 0 Å². The molecule has 1 fully saturated rings. The molecule has 0 unspecified atom stereocenters. The molecular formula is C10H8ClFN2O. The van der Waals surface area contributed by atoms with Crippen LogP contribution in [0.2, 0.25) is 5.02 Å². The van der Waals surface area contributed by atoms with Gasteiger partial charge in [-0.25, -0.2) is 4.39 Å². The van der Waals surface area contributed by atoms with Gasteiger partial charge in [0.05, 0.1) is 13.1 Å². The van der Waals surface area contributed by atoms with Crippen LogP contribution in [-0.2, 0) is 0 Å². The number of fused-ring (bicyclic) bond motifs is 1. The standard InChI is InChI=1S/C10H8ClFN2O/c11-6-1-2-9-8(3-6)13-10(15-9)14-4-7(12)5-14/h1-3,7H,4-5H2. The molecule has 0 radical (unpaired) electrons. The van der Waals surface area contributed by atoms with Gasteiger partial charge in [0.25, 0.3) is 6.01 Å². The molecule has 0 aliphatic carbocycles. The molecule has 2 heterocycles. The minimum atomic E-state index is -0.761. The Morgan fingerprint density at radius 2 is 2.27 bits per heavy atom. The van der Waals surface area contributed by atoms with Crippen molar-refractivity contribution in [3.05, 3.63) is 23.2 Å². The Hall–Kier alpha value is -1.29. The molecule has 0 bridgehead atoms. The highest BCUT2D eigenvalue weighted by molar-refractivity contribution is 6.31. The van der Waals surface area contributed by atoms with Gasteiger partial charge in [0.2, 0.25) is 0 Å². The van der Waals surface area contributed by atoms with E-state index >= 15 is 0 Å². The SMILES string of the molecule is FC1CN(c2nc3cc(Cl)ccc3o2)C1. The van der Waals surface area contributed by atoms with E-state index in [0.717, 1.165) is 0 Å². The van der Waals surface area contributed by atoms with Gasteiger partial charge in [-0.2, -0.15) is 4.98 Å². The molecule has 1 aliphatic rings. The summed E-state index contributed by atoms with van der Waals surface area (Å²) in [5.74, 6) is 0. The molecule has 3 nitrogen and oxygen atoms in total. The zero-order valence-corrected chi connectivity index (χ0v) is 8.54. The van der Waals surface area contributed by atoms with Crippen LogP contribution in [0.15, 0.2) is 22.6 Å². The van der Waals surface area contributed by atoms with E-state index in [2.05, 4.69) is 4.98 Å². The van der Waals surface area contributed by atoms with Crippen LogP contribution in [0.5, 0.6) is 0 Å². The summed E-state index contributed by atoms with van der Waals surface area (Å²) < 4.78 is 18.1. The molecule has 0 atom stereocenters. The largest absolute Gasteiger partial charge is 0.423 e. The fourth-order valence-corrected chi connectivity index (χ4v) is 1.77. The smallest absolute Gasteiger partial charge is 0.298 e. The summed E-state index contributed by atoms with van der Waals surface area (Å²) in [6, 6.07) is 5.71. The van der Waals surface area contributed by atoms with Crippen molar-refractivity contribution in [1.29, 1.82) is 0 Å². The number of hydrogen-bond acceptors (Lipinski definition) is 3. The van der Waals surface area contributed by atoms with Gasteiger partial charge in [0.15, 0.2) is 5.58 Å². The minimum absolute atomic E-state index is 0.362. The molecule has 0 saturated carbocycles. The summed E-state index contributed by atoms with van der Waals surface area (Å²) in [7, 11) is 0. The number of hydrogen-bond donors (Lipinski definition) is 0. The highest BCUT2D eigenvalue weighted by Crippen LogP contribution is 2.27. The molecule has 3 rings (SSSR count). The van der Waals surface area contributed by atoms with E-state index in [0.29, 0.717) is 35.2 Å². The molecule has 0 N–H and O–H groups in total. The predicted octanol–water partition coefficient (Wildman–Crippen LogP) is 2.64. The Kier molecular flexibility index (Phi) is 1.85. The Morgan fingerprint density at radius 1 is 1.47 bits per heavy atom. The summed E-state index contributed by atoms with van der Waals surface area (Å²) in [6.45, 7) is 0.723. The number of halogens is 2. The molecule has 1 aromatic carbocycles. The van der Waals surface area contributed by atoms with Gasteiger partial charge in [-0.3, -0.25) is 0 Å². The number of benzene rings is 1. The fraction of sp³-hybridized carbons (Fsp3) is 0.300. The van der Waals surface area contributed by atoms with Gasteiger partial charge in [-0.05, 0) is 18.2 Å². The van der Waals surface area contributed by atoms with E-state index in [1.807, 2.05) is 0 Å². The number of nitrogens with zero attached hydrogens (tertiary/aromatic N) is 2. The molecular weight excluding hydrogens is 219 g/mol. The zero-order chi connectivity index (χ0) is 10.4. The second-order valence-electron chi connectivity index (χ2n) is 3.61. The van der Waals surface area contributed by atoms with Crippen LogP contribution in [0.4, 0.5) is 10.4 Å². The van der Waals surface area contributed by atoms with Crippen LogP contribution >= 0.6 is 11.6 Å². The van der Waals surface area contributed by atoms with E-state index < -0.39 is 6.17 Å². The maximum Gasteiger partial charge on any atom is 0.298 e. The molecule has 0 spiro atoms. The zero-order valence-electron chi connectivity index (χ0n) is 7.78. The maximum atomic E-state index is 12.6. The first-order chi connectivity index (χ1) is 7.22. The maximum absolute atomic E-state index is 12.6. The van der Waals surface area contributed by atoms with Crippen molar-refractivity contribution >= 4 is 28.7 Å². The van der Waals surface area contributed by atoms with Gasteiger partial charge < -0.3 is 9.32 Å². The topological polar surface area (TPSA) is 29.3 Å². The first-order valence-electron chi connectivity index (χ1n) is 4.67. The molecule has 1 saturated heterocycles. The van der Waals surface area contributed by atoms with Crippen molar-refractivity contribution in [3.63, 3.8) is 0 Å².